The summed E-state index contributed by atoms with van der Waals surface area (Å²) < 4.78 is 44.6. The molecule has 2 nitrogen and oxygen atoms in total. The number of hydrogen-bond acceptors (Lipinski definition) is 3. The predicted octanol–water partition coefficient (Wildman–Crippen LogP) is 5.88. The van der Waals surface area contributed by atoms with Gasteiger partial charge in [0.05, 0.1) is 0 Å². The van der Waals surface area contributed by atoms with Gasteiger partial charge in [0.15, 0.2) is 5.78 Å². The molecule has 2 aliphatic rings. The molecule has 26 heavy (non-hydrogen) atoms. The number of fused-ring (bicyclic) bond motifs is 2. The SMILES string of the molecule is O=C1CCc2c(OC3CCCc4ccccc43)ccc(SC(F)(F)F)c21. The van der Waals surface area contributed by atoms with Gasteiger partial charge in [0, 0.05) is 22.4 Å². The maximum atomic E-state index is 12.8. The average molecular weight is 378 g/mol. The summed E-state index contributed by atoms with van der Waals surface area (Å²) >= 11 is -0.223. The summed E-state index contributed by atoms with van der Waals surface area (Å²) in [5.41, 5.74) is -1.23. The maximum absolute atomic E-state index is 12.8. The largest absolute Gasteiger partial charge is 0.485 e. The van der Waals surface area contributed by atoms with Crippen LogP contribution in [0, 0.1) is 0 Å². The first kappa shape index (κ1) is 17.5. The zero-order valence-electron chi connectivity index (χ0n) is 13.9. The van der Waals surface area contributed by atoms with Gasteiger partial charge >= 0.3 is 5.51 Å². The highest BCUT2D eigenvalue weighted by Gasteiger charge is 2.35. The number of carbonyl (C=O) groups excluding carboxylic acids is 1. The molecule has 0 spiro atoms. The lowest BCUT2D eigenvalue weighted by Gasteiger charge is -2.27. The lowest BCUT2D eigenvalue weighted by atomic mass is 9.89. The van der Waals surface area contributed by atoms with Crippen LogP contribution in [0.2, 0.25) is 0 Å². The van der Waals surface area contributed by atoms with Gasteiger partial charge in [0.1, 0.15) is 11.9 Å². The van der Waals surface area contributed by atoms with Crippen LogP contribution in [0.25, 0.3) is 0 Å². The highest BCUT2D eigenvalue weighted by Crippen LogP contribution is 2.45. The lowest BCUT2D eigenvalue weighted by molar-refractivity contribution is -0.0328. The van der Waals surface area contributed by atoms with Crippen molar-refractivity contribution < 1.29 is 22.7 Å². The summed E-state index contributed by atoms with van der Waals surface area (Å²) in [5.74, 6) is 0.306. The van der Waals surface area contributed by atoms with Crippen molar-refractivity contribution in [3.05, 3.63) is 58.7 Å². The van der Waals surface area contributed by atoms with E-state index in [1.165, 1.54) is 11.6 Å². The smallest absolute Gasteiger partial charge is 0.446 e. The Bertz CT molecular complexity index is 861. The van der Waals surface area contributed by atoms with E-state index in [-0.39, 0.29) is 40.5 Å². The van der Waals surface area contributed by atoms with Gasteiger partial charge < -0.3 is 4.74 Å². The zero-order valence-corrected chi connectivity index (χ0v) is 14.8. The monoisotopic (exact) mass is 378 g/mol. The molecule has 0 heterocycles. The van der Waals surface area contributed by atoms with E-state index < -0.39 is 5.51 Å². The summed E-state index contributed by atoms with van der Waals surface area (Å²) in [5, 5.41) is 0. The van der Waals surface area contributed by atoms with Crippen LogP contribution in [0.3, 0.4) is 0 Å². The standard InChI is InChI=1S/C20H17F3O2S/c21-20(22,23)26-18-11-10-17(14-8-9-15(24)19(14)18)25-16-7-3-5-12-4-1-2-6-13(12)16/h1-2,4,6,10-11,16H,3,5,7-9H2. The fourth-order valence-electron chi connectivity index (χ4n) is 3.83. The summed E-state index contributed by atoms with van der Waals surface area (Å²) in [6.07, 6.45) is 3.42. The quantitative estimate of drug-likeness (QED) is 0.624. The van der Waals surface area contributed by atoms with Crippen molar-refractivity contribution in [3.8, 4) is 5.75 Å². The van der Waals surface area contributed by atoms with Gasteiger partial charge in [-0.1, -0.05) is 24.3 Å². The number of aryl methyl sites for hydroxylation is 1. The van der Waals surface area contributed by atoms with Crippen molar-refractivity contribution >= 4 is 17.5 Å². The van der Waals surface area contributed by atoms with Crippen LogP contribution in [0.4, 0.5) is 13.2 Å². The highest BCUT2D eigenvalue weighted by atomic mass is 32.2. The van der Waals surface area contributed by atoms with E-state index in [0.29, 0.717) is 17.7 Å². The summed E-state index contributed by atoms with van der Waals surface area (Å²) in [7, 11) is 0. The molecule has 0 fully saturated rings. The molecule has 1 unspecified atom stereocenters. The fourth-order valence-corrected chi connectivity index (χ4v) is 4.55. The van der Waals surface area contributed by atoms with E-state index >= 15 is 0 Å². The Balaban J connectivity index is 1.68. The molecule has 0 saturated heterocycles. The van der Waals surface area contributed by atoms with E-state index in [2.05, 4.69) is 6.07 Å². The molecule has 0 aliphatic heterocycles. The number of ether oxygens (including phenoxy) is 1. The summed E-state index contributed by atoms with van der Waals surface area (Å²) in [6.45, 7) is 0. The Morgan fingerprint density at radius 2 is 1.85 bits per heavy atom. The Morgan fingerprint density at radius 3 is 2.65 bits per heavy atom. The Hall–Kier alpha value is -1.95. The van der Waals surface area contributed by atoms with Crippen molar-refractivity contribution in [3.63, 3.8) is 0 Å². The van der Waals surface area contributed by atoms with E-state index in [0.717, 1.165) is 24.8 Å². The van der Waals surface area contributed by atoms with Crippen LogP contribution in [-0.4, -0.2) is 11.3 Å². The van der Waals surface area contributed by atoms with Crippen LogP contribution >= 0.6 is 11.8 Å². The fraction of sp³-hybridized carbons (Fsp3) is 0.350. The van der Waals surface area contributed by atoms with Gasteiger partial charge in [-0.05, 0) is 60.7 Å². The van der Waals surface area contributed by atoms with E-state index in [4.69, 9.17) is 4.74 Å². The molecule has 2 aromatic rings. The van der Waals surface area contributed by atoms with E-state index in [1.807, 2.05) is 18.2 Å². The number of thioether (sulfide) groups is 1. The molecule has 6 heteroatoms. The topological polar surface area (TPSA) is 26.3 Å². The highest BCUT2D eigenvalue weighted by molar-refractivity contribution is 8.00. The van der Waals surface area contributed by atoms with Gasteiger partial charge in [0.25, 0.3) is 0 Å². The number of Topliss-reactive ketones (excluding diaryl/α,β-unsaturated/α-hetero) is 1. The molecular formula is C20H17F3O2S. The minimum atomic E-state index is -4.42. The van der Waals surface area contributed by atoms with Gasteiger partial charge in [-0.15, -0.1) is 0 Å². The molecule has 2 aliphatic carbocycles. The van der Waals surface area contributed by atoms with E-state index in [9.17, 15) is 18.0 Å². The van der Waals surface area contributed by atoms with Crippen LogP contribution in [0.15, 0.2) is 41.3 Å². The predicted molar refractivity (Wildman–Crippen MR) is 93.8 cm³/mol. The van der Waals surface area contributed by atoms with Crippen LogP contribution in [0.5, 0.6) is 5.75 Å². The average Bonchev–Trinajstić information content (AvgIpc) is 2.99. The molecular weight excluding hydrogens is 361 g/mol. The third-order valence-electron chi connectivity index (χ3n) is 4.92. The Kier molecular flexibility index (Phi) is 4.47. The second-order valence-corrected chi connectivity index (χ2v) is 7.69. The van der Waals surface area contributed by atoms with Crippen molar-refractivity contribution in [1.29, 1.82) is 0 Å². The minimum Gasteiger partial charge on any atom is -0.485 e. The second kappa shape index (κ2) is 6.65. The molecule has 0 aromatic heterocycles. The number of carbonyl (C=O) groups is 1. The molecule has 0 bridgehead atoms. The minimum absolute atomic E-state index is 0.0219. The van der Waals surface area contributed by atoms with Gasteiger partial charge in [-0.2, -0.15) is 13.2 Å². The van der Waals surface area contributed by atoms with Crippen LogP contribution in [0.1, 0.15) is 52.4 Å². The van der Waals surface area contributed by atoms with Crippen molar-refractivity contribution in [1.82, 2.24) is 0 Å². The summed E-state index contributed by atoms with van der Waals surface area (Å²) in [6, 6.07) is 11.0. The van der Waals surface area contributed by atoms with E-state index in [1.54, 1.807) is 6.07 Å². The third-order valence-corrected chi connectivity index (χ3v) is 5.71. The van der Waals surface area contributed by atoms with Gasteiger partial charge in [-0.25, -0.2) is 0 Å². The number of rotatable bonds is 3. The van der Waals surface area contributed by atoms with Crippen molar-refractivity contribution in [2.24, 2.45) is 0 Å². The van der Waals surface area contributed by atoms with Crippen LogP contribution in [-0.2, 0) is 12.8 Å². The molecule has 1 atom stereocenters. The molecule has 4 rings (SSSR count). The van der Waals surface area contributed by atoms with Gasteiger partial charge in [0.2, 0.25) is 0 Å². The lowest BCUT2D eigenvalue weighted by Crippen LogP contribution is -2.16. The molecule has 0 saturated carbocycles. The molecule has 0 amide bonds. The number of alkyl halides is 3. The zero-order chi connectivity index (χ0) is 18.3. The first-order valence-electron chi connectivity index (χ1n) is 8.61. The maximum Gasteiger partial charge on any atom is 0.446 e. The second-order valence-electron chi connectivity index (χ2n) is 6.58. The number of halogens is 3. The molecule has 0 N–H and O–H groups in total. The molecule has 136 valence electrons. The first-order valence-corrected chi connectivity index (χ1v) is 9.43. The third kappa shape index (κ3) is 3.34. The van der Waals surface area contributed by atoms with Crippen molar-refractivity contribution in [2.75, 3.05) is 0 Å². The molecule has 0 radical (unpaired) electrons. The summed E-state index contributed by atoms with van der Waals surface area (Å²) in [4.78, 5) is 12.2. The Labute approximate surface area is 153 Å². The Morgan fingerprint density at radius 1 is 1.04 bits per heavy atom. The van der Waals surface area contributed by atoms with Crippen LogP contribution < -0.4 is 4.74 Å². The first-order chi connectivity index (χ1) is 12.4. The normalized spacial score (nSPS) is 19.2. The number of benzene rings is 2. The molecule has 2 aromatic carbocycles. The number of hydrogen-bond donors (Lipinski definition) is 0. The number of ketones is 1. The van der Waals surface area contributed by atoms with Crippen molar-refractivity contribution in [2.45, 2.75) is 48.6 Å². The van der Waals surface area contributed by atoms with Gasteiger partial charge in [-0.3, -0.25) is 4.79 Å².